The van der Waals surface area contributed by atoms with Crippen molar-refractivity contribution in [1.29, 1.82) is 0 Å². The summed E-state index contributed by atoms with van der Waals surface area (Å²) in [4.78, 5) is 0. The topological polar surface area (TPSA) is 20.2 Å². The van der Waals surface area contributed by atoms with Crippen LogP contribution in [0.1, 0.15) is 57.8 Å². The Balaban J connectivity index is 1.58. The highest BCUT2D eigenvalue weighted by atomic mass is 16.3. The van der Waals surface area contributed by atoms with Gasteiger partial charge in [0.15, 0.2) is 0 Å². The third kappa shape index (κ3) is 2.88. The first-order valence-corrected chi connectivity index (χ1v) is 7.13. The highest BCUT2D eigenvalue weighted by molar-refractivity contribution is 5.02. The summed E-state index contributed by atoms with van der Waals surface area (Å²) in [5.41, 5.74) is 0. The van der Waals surface area contributed by atoms with E-state index in [1.165, 1.54) is 44.9 Å². The molecule has 0 aromatic heterocycles. The van der Waals surface area contributed by atoms with E-state index in [1.807, 2.05) is 6.08 Å². The number of allylic oxidation sites excluding steroid dienone is 1. The molecule has 0 spiro atoms. The van der Waals surface area contributed by atoms with Gasteiger partial charge in [-0.15, -0.1) is 6.58 Å². The monoisotopic (exact) mass is 222 g/mol. The van der Waals surface area contributed by atoms with Crippen LogP contribution in [0.15, 0.2) is 12.7 Å². The van der Waals surface area contributed by atoms with Crippen LogP contribution >= 0.6 is 0 Å². The van der Waals surface area contributed by atoms with Crippen molar-refractivity contribution in [1.82, 2.24) is 0 Å². The third-order valence-corrected chi connectivity index (χ3v) is 4.58. The number of fused-ring (bicyclic) bond motifs is 1. The Morgan fingerprint density at radius 1 is 1.12 bits per heavy atom. The fraction of sp³-hybridized carbons (Fsp3) is 0.867. The Kier molecular flexibility index (Phi) is 4.45. The highest BCUT2D eigenvalue weighted by Gasteiger charge is 2.53. The summed E-state index contributed by atoms with van der Waals surface area (Å²) < 4.78 is 0. The lowest BCUT2D eigenvalue weighted by atomic mass is 10.0. The highest BCUT2D eigenvalue weighted by Crippen LogP contribution is 2.57. The average molecular weight is 222 g/mol. The molecule has 0 aromatic carbocycles. The fourth-order valence-electron chi connectivity index (χ4n) is 3.63. The van der Waals surface area contributed by atoms with Crippen molar-refractivity contribution in [2.75, 3.05) is 0 Å². The zero-order chi connectivity index (χ0) is 11.4. The van der Waals surface area contributed by atoms with Gasteiger partial charge in [0.05, 0.1) is 6.10 Å². The molecule has 0 bridgehead atoms. The largest absolute Gasteiger partial charge is 0.393 e. The number of unbranched alkanes of at least 4 members (excludes halogenated alkanes) is 3. The zero-order valence-electron chi connectivity index (χ0n) is 10.4. The molecule has 2 aliphatic carbocycles. The van der Waals surface area contributed by atoms with Crippen molar-refractivity contribution < 1.29 is 5.11 Å². The SMILES string of the molecule is C=CCCCCCC(O)C1C2CCCCC21. The van der Waals surface area contributed by atoms with Crippen LogP contribution in [0.2, 0.25) is 0 Å². The number of rotatable bonds is 7. The van der Waals surface area contributed by atoms with E-state index in [0.29, 0.717) is 5.92 Å². The molecule has 0 aromatic rings. The molecule has 3 atom stereocenters. The first-order chi connectivity index (χ1) is 7.84. The van der Waals surface area contributed by atoms with Gasteiger partial charge in [-0.2, -0.15) is 0 Å². The molecule has 0 amide bonds. The number of hydrogen-bond acceptors (Lipinski definition) is 1. The van der Waals surface area contributed by atoms with Crippen LogP contribution in [0.5, 0.6) is 0 Å². The Bertz CT molecular complexity index is 211. The van der Waals surface area contributed by atoms with Gasteiger partial charge in [-0.1, -0.05) is 31.8 Å². The molecule has 1 N–H and O–H groups in total. The maximum absolute atomic E-state index is 10.2. The van der Waals surface area contributed by atoms with Gasteiger partial charge in [0.1, 0.15) is 0 Å². The normalized spacial score (nSPS) is 34.2. The summed E-state index contributed by atoms with van der Waals surface area (Å²) in [6.45, 7) is 3.73. The fourth-order valence-corrected chi connectivity index (χ4v) is 3.63. The predicted octanol–water partition coefficient (Wildman–Crippen LogP) is 3.92. The first-order valence-electron chi connectivity index (χ1n) is 7.13. The van der Waals surface area contributed by atoms with Gasteiger partial charge in [0, 0.05) is 0 Å². The zero-order valence-corrected chi connectivity index (χ0v) is 10.4. The van der Waals surface area contributed by atoms with Crippen molar-refractivity contribution in [2.24, 2.45) is 17.8 Å². The second-order valence-corrected chi connectivity index (χ2v) is 5.68. The molecule has 0 aliphatic heterocycles. The average Bonchev–Trinajstić information content (AvgIpc) is 3.02. The minimum Gasteiger partial charge on any atom is -0.393 e. The standard InChI is InChI=1S/C15H26O/c1-2-3-4-5-6-11-14(16)15-12-9-7-8-10-13(12)15/h2,12-16H,1,3-11H2. The summed E-state index contributed by atoms with van der Waals surface area (Å²) in [6.07, 6.45) is 13.5. The van der Waals surface area contributed by atoms with Crippen molar-refractivity contribution >= 4 is 0 Å². The quantitative estimate of drug-likeness (QED) is 0.511. The van der Waals surface area contributed by atoms with Crippen LogP contribution in [0.25, 0.3) is 0 Å². The number of aliphatic hydroxyl groups is 1. The molecule has 0 saturated heterocycles. The molecule has 2 rings (SSSR count). The minimum absolute atomic E-state index is 0.0110. The number of hydrogen-bond donors (Lipinski definition) is 1. The molecule has 1 heteroatoms. The Hall–Kier alpha value is -0.300. The van der Waals surface area contributed by atoms with Gasteiger partial charge in [-0.3, -0.25) is 0 Å². The summed E-state index contributed by atoms with van der Waals surface area (Å²) in [7, 11) is 0. The van der Waals surface area contributed by atoms with E-state index in [0.717, 1.165) is 24.7 Å². The Labute approximate surface area is 99.9 Å². The molecule has 2 aliphatic rings. The summed E-state index contributed by atoms with van der Waals surface area (Å²) in [5, 5.41) is 10.2. The van der Waals surface area contributed by atoms with Crippen LogP contribution in [-0.4, -0.2) is 11.2 Å². The maximum atomic E-state index is 10.2. The molecule has 2 fully saturated rings. The van der Waals surface area contributed by atoms with Gasteiger partial charge in [-0.25, -0.2) is 0 Å². The second-order valence-electron chi connectivity index (χ2n) is 5.68. The molecule has 3 unspecified atom stereocenters. The molecular formula is C15H26O. The minimum atomic E-state index is 0.0110. The molecule has 0 heterocycles. The molecule has 16 heavy (non-hydrogen) atoms. The molecule has 2 saturated carbocycles. The van der Waals surface area contributed by atoms with Crippen molar-refractivity contribution in [2.45, 2.75) is 63.9 Å². The summed E-state index contributed by atoms with van der Waals surface area (Å²) in [5.74, 6) is 2.48. The van der Waals surface area contributed by atoms with Gasteiger partial charge in [-0.05, 0) is 49.9 Å². The van der Waals surface area contributed by atoms with Crippen LogP contribution < -0.4 is 0 Å². The lowest BCUT2D eigenvalue weighted by Crippen LogP contribution is -2.11. The Morgan fingerprint density at radius 2 is 1.81 bits per heavy atom. The molecule has 1 nitrogen and oxygen atoms in total. The first kappa shape index (κ1) is 12.2. The Morgan fingerprint density at radius 3 is 2.44 bits per heavy atom. The van der Waals surface area contributed by atoms with Crippen LogP contribution in [-0.2, 0) is 0 Å². The van der Waals surface area contributed by atoms with Crippen LogP contribution in [0.3, 0.4) is 0 Å². The van der Waals surface area contributed by atoms with Crippen LogP contribution in [0.4, 0.5) is 0 Å². The lowest BCUT2D eigenvalue weighted by Gasteiger charge is -2.09. The van der Waals surface area contributed by atoms with Gasteiger partial charge < -0.3 is 5.11 Å². The summed E-state index contributed by atoms with van der Waals surface area (Å²) in [6, 6.07) is 0. The van der Waals surface area contributed by atoms with Crippen molar-refractivity contribution in [3.05, 3.63) is 12.7 Å². The smallest absolute Gasteiger partial charge is 0.0573 e. The second kappa shape index (κ2) is 5.86. The molecule has 0 radical (unpaired) electrons. The van der Waals surface area contributed by atoms with Crippen molar-refractivity contribution in [3.63, 3.8) is 0 Å². The van der Waals surface area contributed by atoms with E-state index in [4.69, 9.17) is 0 Å². The van der Waals surface area contributed by atoms with Gasteiger partial charge >= 0.3 is 0 Å². The summed E-state index contributed by atoms with van der Waals surface area (Å²) >= 11 is 0. The van der Waals surface area contributed by atoms with E-state index < -0.39 is 0 Å². The van der Waals surface area contributed by atoms with E-state index >= 15 is 0 Å². The van der Waals surface area contributed by atoms with E-state index in [9.17, 15) is 5.11 Å². The van der Waals surface area contributed by atoms with E-state index in [1.54, 1.807) is 0 Å². The van der Waals surface area contributed by atoms with Crippen molar-refractivity contribution in [3.8, 4) is 0 Å². The molecular weight excluding hydrogens is 196 g/mol. The maximum Gasteiger partial charge on any atom is 0.0573 e. The number of aliphatic hydroxyl groups excluding tert-OH is 1. The van der Waals surface area contributed by atoms with E-state index in [-0.39, 0.29) is 6.10 Å². The predicted molar refractivity (Wildman–Crippen MR) is 68.2 cm³/mol. The van der Waals surface area contributed by atoms with E-state index in [2.05, 4.69) is 6.58 Å². The lowest BCUT2D eigenvalue weighted by molar-refractivity contribution is 0.127. The van der Waals surface area contributed by atoms with Gasteiger partial charge in [0.2, 0.25) is 0 Å². The van der Waals surface area contributed by atoms with Crippen LogP contribution in [0, 0.1) is 17.8 Å². The molecule has 92 valence electrons. The van der Waals surface area contributed by atoms with Gasteiger partial charge in [0.25, 0.3) is 0 Å². The third-order valence-electron chi connectivity index (χ3n) is 4.58.